The smallest absolute Gasteiger partial charge is 0.173 e. The van der Waals surface area contributed by atoms with E-state index in [2.05, 4.69) is 16.2 Å². The van der Waals surface area contributed by atoms with Gasteiger partial charge in [0.25, 0.3) is 0 Å². The molecule has 0 aromatic carbocycles. The standard InChI is InChI=1S/C9H8N4/c1-2-8-3-4-11-9-7(5-10)6-12-13(8)9/h3-4,6H,2H2,1H3. The number of aromatic nitrogens is 3. The minimum absolute atomic E-state index is 0.523. The summed E-state index contributed by atoms with van der Waals surface area (Å²) in [7, 11) is 0. The molecule has 0 spiro atoms. The van der Waals surface area contributed by atoms with Crippen LogP contribution in [0.2, 0.25) is 0 Å². The van der Waals surface area contributed by atoms with E-state index < -0.39 is 0 Å². The molecule has 0 saturated carbocycles. The van der Waals surface area contributed by atoms with Crippen molar-refractivity contribution in [1.82, 2.24) is 14.6 Å². The summed E-state index contributed by atoms with van der Waals surface area (Å²) in [5, 5.41) is 12.8. The van der Waals surface area contributed by atoms with Crippen molar-refractivity contribution >= 4 is 5.65 Å². The molecule has 0 atom stereocenters. The number of nitrogens with zero attached hydrogens (tertiary/aromatic N) is 4. The highest BCUT2D eigenvalue weighted by Crippen LogP contribution is 2.08. The molecule has 0 aliphatic rings. The monoisotopic (exact) mass is 172 g/mol. The molecule has 0 unspecified atom stereocenters. The minimum Gasteiger partial charge on any atom is -0.236 e. The lowest BCUT2D eigenvalue weighted by Gasteiger charge is -1.98. The molecule has 4 heteroatoms. The summed E-state index contributed by atoms with van der Waals surface area (Å²) >= 11 is 0. The van der Waals surface area contributed by atoms with Crippen LogP contribution in [0.15, 0.2) is 18.5 Å². The van der Waals surface area contributed by atoms with Gasteiger partial charge < -0.3 is 0 Å². The average Bonchev–Trinajstić information content (AvgIpc) is 2.60. The molecular formula is C9H8N4. The van der Waals surface area contributed by atoms with E-state index in [4.69, 9.17) is 5.26 Å². The summed E-state index contributed by atoms with van der Waals surface area (Å²) < 4.78 is 1.71. The van der Waals surface area contributed by atoms with Crippen molar-refractivity contribution in [3.8, 4) is 6.07 Å². The Morgan fingerprint density at radius 1 is 1.62 bits per heavy atom. The molecule has 0 fully saturated rings. The third kappa shape index (κ3) is 1.05. The molecule has 0 aliphatic heterocycles. The number of nitriles is 1. The highest BCUT2D eigenvalue weighted by molar-refractivity contribution is 5.53. The normalized spacial score (nSPS) is 10.2. The van der Waals surface area contributed by atoms with Gasteiger partial charge in [0.05, 0.1) is 6.20 Å². The van der Waals surface area contributed by atoms with Crippen LogP contribution in [0.3, 0.4) is 0 Å². The van der Waals surface area contributed by atoms with Gasteiger partial charge in [-0.3, -0.25) is 0 Å². The summed E-state index contributed by atoms with van der Waals surface area (Å²) in [5.41, 5.74) is 2.23. The van der Waals surface area contributed by atoms with E-state index in [1.807, 2.05) is 13.0 Å². The molecular weight excluding hydrogens is 164 g/mol. The first kappa shape index (κ1) is 7.74. The second-order valence-corrected chi connectivity index (χ2v) is 2.70. The fourth-order valence-corrected chi connectivity index (χ4v) is 1.29. The molecule has 64 valence electrons. The van der Waals surface area contributed by atoms with Gasteiger partial charge in [-0.25, -0.2) is 9.50 Å². The van der Waals surface area contributed by atoms with E-state index >= 15 is 0 Å². The Morgan fingerprint density at radius 3 is 3.15 bits per heavy atom. The zero-order chi connectivity index (χ0) is 9.26. The molecule has 0 radical (unpaired) electrons. The molecule has 2 rings (SSSR count). The van der Waals surface area contributed by atoms with E-state index in [0.29, 0.717) is 11.2 Å². The predicted molar refractivity (Wildman–Crippen MR) is 47.1 cm³/mol. The van der Waals surface area contributed by atoms with Crippen molar-refractivity contribution in [2.24, 2.45) is 0 Å². The van der Waals surface area contributed by atoms with Crippen LogP contribution in [0.1, 0.15) is 18.2 Å². The van der Waals surface area contributed by atoms with Crippen molar-refractivity contribution in [2.75, 3.05) is 0 Å². The topological polar surface area (TPSA) is 54.0 Å². The highest BCUT2D eigenvalue weighted by Gasteiger charge is 2.05. The Hall–Kier alpha value is -1.89. The maximum atomic E-state index is 8.74. The van der Waals surface area contributed by atoms with Gasteiger partial charge in [0.15, 0.2) is 5.65 Å². The molecule has 0 saturated heterocycles. The van der Waals surface area contributed by atoms with E-state index in [9.17, 15) is 0 Å². The van der Waals surface area contributed by atoms with Crippen LogP contribution in [0, 0.1) is 11.3 Å². The van der Waals surface area contributed by atoms with Gasteiger partial charge in [-0.1, -0.05) is 6.92 Å². The van der Waals surface area contributed by atoms with Gasteiger partial charge in [0.1, 0.15) is 11.6 Å². The lowest BCUT2D eigenvalue weighted by atomic mass is 10.3. The van der Waals surface area contributed by atoms with E-state index in [1.165, 1.54) is 0 Å². The molecule has 0 amide bonds. The van der Waals surface area contributed by atoms with Crippen LogP contribution in [0.5, 0.6) is 0 Å². The van der Waals surface area contributed by atoms with Crippen molar-refractivity contribution in [2.45, 2.75) is 13.3 Å². The SMILES string of the molecule is CCc1ccnc2c(C#N)cnn12. The number of hydrogen-bond donors (Lipinski definition) is 0. The Bertz CT molecular complexity index is 478. The Kier molecular flexibility index (Phi) is 1.71. The minimum atomic E-state index is 0.523. The van der Waals surface area contributed by atoms with E-state index in [-0.39, 0.29) is 0 Å². The van der Waals surface area contributed by atoms with Gasteiger partial charge in [0.2, 0.25) is 0 Å². The lowest BCUT2D eigenvalue weighted by molar-refractivity contribution is 0.849. The molecule has 4 nitrogen and oxygen atoms in total. The molecule has 2 aromatic rings. The van der Waals surface area contributed by atoms with Gasteiger partial charge in [-0.2, -0.15) is 10.4 Å². The van der Waals surface area contributed by atoms with Crippen molar-refractivity contribution < 1.29 is 0 Å². The first-order valence-electron chi connectivity index (χ1n) is 4.08. The lowest BCUT2D eigenvalue weighted by Crippen LogP contribution is -1.97. The van der Waals surface area contributed by atoms with Crippen LogP contribution in [0.4, 0.5) is 0 Å². The third-order valence-corrected chi connectivity index (χ3v) is 1.96. The molecule has 0 N–H and O–H groups in total. The Morgan fingerprint density at radius 2 is 2.46 bits per heavy atom. The molecule has 13 heavy (non-hydrogen) atoms. The Labute approximate surface area is 75.4 Å². The number of aryl methyl sites for hydroxylation is 1. The van der Waals surface area contributed by atoms with Crippen molar-refractivity contribution in [3.63, 3.8) is 0 Å². The fraction of sp³-hybridized carbons (Fsp3) is 0.222. The van der Waals surface area contributed by atoms with Crippen molar-refractivity contribution in [3.05, 3.63) is 29.7 Å². The second kappa shape index (κ2) is 2.87. The zero-order valence-corrected chi connectivity index (χ0v) is 7.23. The van der Waals surface area contributed by atoms with Crippen LogP contribution in [-0.4, -0.2) is 14.6 Å². The predicted octanol–water partition coefficient (Wildman–Crippen LogP) is 1.16. The molecule has 0 aliphatic carbocycles. The summed E-state index contributed by atoms with van der Waals surface area (Å²) in [4.78, 5) is 4.10. The summed E-state index contributed by atoms with van der Waals surface area (Å²) in [6, 6.07) is 3.96. The second-order valence-electron chi connectivity index (χ2n) is 2.70. The first-order valence-corrected chi connectivity index (χ1v) is 4.08. The zero-order valence-electron chi connectivity index (χ0n) is 7.23. The van der Waals surface area contributed by atoms with Crippen LogP contribution >= 0.6 is 0 Å². The molecule has 2 aromatic heterocycles. The van der Waals surface area contributed by atoms with E-state index in [1.54, 1.807) is 16.9 Å². The highest BCUT2D eigenvalue weighted by atomic mass is 15.2. The van der Waals surface area contributed by atoms with Crippen molar-refractivity contribution in [1.29, 1.82) is 5.26 Å². The maximum absolute atomic E-state index is 8.74. The van der Waals surface area contributed by atoms with Gasteiger partial charge in [0, 0.05) is 11.9 Å². The number of fused-ring (bicyclic) bond motifs is 1. The molecule has 2 heterocycles. The maximum Gasteiger partial charge on any atom is 0.173 e. The summed E-state index contributed by atoms with van der Waals surface area (Å²) in [6.07, 6.45) is 4.13. The van der Waals surface area contributed by atoms with Gasteiger partial charge in [-0.05, 0) is 12.5 Å². The number of rotatable bonds is 1. The van der Waals surface area contributed by atoms with Crippen LogP contribution in [0.25, 0.3) is 5.65 Å². The van der Waals surface area contributed by atoms with E-state index in [0.717, 1.165) is 12.1 Å². The number of hydrogen-bond acceptors (Lipinski definition) is 3. The Balaban J connectivity index is 2.81. The third-order valence-electron chi connectivity index (χ3n) is 1.96. The average molecular weight is 172 g/mol. The quantitative estimate of drug-likeness (QED) is 0.648. The fourth-order valence-electron chi connectivity index (χ4n) is 1.29. The summed E-state index contributed by atoms with van der Waals surface area (Å²) in [6.45, 7) is 2.04. The largest absolute Gasteiger partial charge is 0.236 e. The first-order chi connectivity index (χ1) is 6.36. The summed E-state index contributed by atoms with van der Waals surface area (Å²) in [5.74, 6) is 0. The van der Waals surface area contributed by atoms with Gasteiger partial charge in [-0.15, -0.1) is 0 Å². The van der Waals surface area contributed by atoms with Gasteiger partial charge >= 0.3 is 0 Å². The van der Waals surface area contributed by atoms with Crippen LogP contribution < -0.4 is 0 Å². The van der Waals surface area contributed by atoms with Crippen LogP contribution in [-0.2, 0) is 6.42 Å². The molecule has 0 bridgehead atoms.